The third kappa shape index (κ3) is 38.2. The summed E-state index contributed by atoms with van der Waals surface area (Å²) in [4.78, 5) is 11.0. The number of hydrogen-bond donors (Lipinski definition) is 2. The summed E-state index contributed by atoms with van der Waals surface area (Å²) in [6.07, 6.45) is 22.2. The second-order valence-corrected chi connectivity index (χ2v) is 7.81. The summed E-state index contributed by atoms with van der Waals surface area (Å²) in [5.74, 6) is 0. The number of unbranched alkanes of at least 4 members (excludes halogenated alkanes) is 12. The van der Waals surface area contributed by atoms with Gasteiger partial charge in [0, 0.05) is 0 Å². The molecule has 174 valence electrons. The van der Waals surface area contributed by atoms with Crippen LogP contribution in [0, 0.1) is 0 Å². The largest absolute Gasteiger partial charge is 0.508 e. The standard InChI is InChI=1S/C21H40O3.H2O4S/c1-3-5-6-7-8-9-10-11-12-13-14-15-16-17-18-19-20-24-21(22)23-4-2;1-5(2,3)4/h11-12H,3-10,13-20H2,1-2H3;(H2,1,2,3,4)/b12-11-;. The Labute approximate surface area is 177 Å². The summed E-state index contributed by atoms with van der Waals surface area (Å²) in [5.41, 5.74) is 0. The van der Waals surface area contributed by atoms with Crippen molar-refractivity contribution in [3.8, 4) is 0 Å². The lowest BCUT2D eigenvalue weighted by atomic mass is 10.1. The van der Waals surface area contributed by atoms with Crippen LogP contribution in [-0.4, -0.2) is 36.9 Å². The maximum Gasteiger partial charge on any atom is 0.508 e. The molecular formula is C21H42O7S. The highest BCUT2D eigenvalue weighted by atomic mass is 32.3. The number of rotatable bonds is 17. The lowest BCUT2D eigenvalue weighted by Crippen LogP contribution is -2.07. The first-order valence-corrected chi connectivity index (χ1v) is 12.3. The van der Waals surface area contributed by atoms with E-state index in [1.807, 2.05) is 0 Å². The smallest absolute Gasteiger partial charge is 0.435 e. The van der Waals surface area contributed by atoms with Crippen LogP contribution in [0.2, 0.25) is 0 Å². The third-order valence-electron chi connectivity index (χ3n) is 4.14. The van der Waals surface area contributed by atoms with Gasteiger partial charge in [-0.1, -0.05) is 76.9 Å². The zero-order chi connectivity index (χ0) is 22.2. The van der Waals surface area contributed by atoms with E-state index in [0.717, 1.165) is 12.8 Å². The van der Waals surface area contributed by atoms with Crippen molar-refractivity contribution in [3.05, 3.63) is 12.2 Å². The number of ether oxygens (including phenoxy) is 2. The highest BCUT2D eigenvalue weighted by Crippen LogP contribution is 2.10. The van der Waals surface area contributed by atoms with Gasteiger partial charge in [-0.25, -0.2) is 4.79 Å². The van der Waals surface area contributed by atoms with Crippen molar-refractivity contribution in [1.29, 1.82) is 0 Å². The van der Waals surface area contributed by atoms with Crippen LogP contribution < -0.4 is 0 Å². The quantitative estimate of drug-likeness (QED) is 0.115. The van der Waals surface area contributed by atoms with Crippen LogP contribution in [0.3, 0.4) is 0 Å². The zero-order valence-electron chi connectivity index (χ0n) is 18.3. The second-order valence-electron chi connectivity index (χ2n) is 6.92. The molecular weight excluding hydrogens is 396 g/mol. The van der Waals surface area contributed by atoms with Crippen molar-refractivity contribution in [2.24, 2.45) is 0 Å². The minimum absolute atomic E-state index is 0.381. The van der Waals surface area contributed by atoms with Gasteiger partial charge in [-0.3, -0.25) is 9.11 Å². The topological polar surface area (TPSA) is 110 Å². The predicted molar refractivity (Wildman–Crippen MR) is 117 cm³/mol. The molecule has 0 fully saturated rings. The maximum absolute atomic E-state index is 11.0. The van der Waals surface area contributed by atoms with E-state index in [1.165, 1.54) is 77.0 Å². The average Bonchev–Trinajstić information content (AvgIpc) is 2.63. The predicted octanol–water partition coefficient (Wildman–Crippen LogP) is 6.54. The fourth-order valence-electron chi connectivity index (χ4n) is 2.66. The van der Waals surface area contributed by atoms with Crippen molar-refractivity contribution in [2.45, 2.75) is 104 Å². The van der Waals surface area contributed by atoms with Gasteiger partial charge < -0.3 is 9.47 Å². The van der Waals surface area contributed by atoms with Crippen molar-refractivity contribution in [1.82, 2.24) is 0 Å². The van der Waals surface area contributed by atoms with Gasteiger partial charge in [-0.15, -0.1) is 0 Å². The fourth-order valence-corrected chi connectivity index (χ4v) is 2.66. The molecule has 0 amide bonds. The van der Waals surface area contributed by atoms with Crippen LogP contribution in [0.4, 0.5) is 4.79 Å². The summed E-state index contributed by atoms with van der Waals surface area (Å²) < 4.78 is 41.2. The van der Waals surface area contributed by atoms with E-state index in [9.17, 15) is 4.79 Å². The normalized spacial score (nSPS) is 11.2. The molecule has 0 aromatic carbocycles. The summed E-state index contributed by atoms with van der Waals surface area (Å²) in [6, 6.07) is 0. The molecule has 0 unspecified atom stereocenters. The van der Waals surface area contributed by atoms with E-state index in [0.29, 0.717) is 13.2 Å². The minimum atomic E-state index is -4.67. The molecule has 0 aromatic rings. The van der Waals surface area contributed by atoms with Gasteiger partial charge in [0.15, 0.2) is 0 Å². The van der Waals surface area contributed by atoms with Crippen molar-refractivity contribution in [2.75, 3.05) is 13.2 Å². The minimum Gasteiger partial charge on any atom is -0.435 e. The molecule has 0 radical (unpaired) electrons. The number of carbonyl (C=O) groups excluding carboxylic acids is 1. The Hall–Kier alpha value is -1.12. The molecule has 0 bridgehead atoms. The van der Waals surface area contributed by atoms with E-state index in [2.05, 4.69) is 19.1 Å². The molecule has 0 aliphatic heterocycles. The van der Waals surface area contributed by atoms with Crippen molar-refractivity contribution < 1.29 is 31.8 Å². The van der Waals surface area contributed by atoms with E-state index in [1.54, 1.807) is 6.92 Å². The molecule has 0 spiro atoms. The molecule has 0 aromatic heterocycles. The molecule has 0 atom stereocenters. The van der Waals surface area contributed by atoms with Gasteiger partial charge in [0.05, 0.1) is 13.2 Å². The Bertz CT molecular complexity index is 467. The van der Waals surface area contributed by atoms with Gasteiger partial charge in [0.1, 0.15) is 0 Å². The van der Waals surface area contributed by atoms with Gasteiger partial charge in [-0.05, 0) is 39.0 Å². The molecule has 2 N–H and O–H groups in total. The zero-order valence-corrected chi connectivity index (χ0v) is 19.1. The van der Waals surface area contributed by atoms with Crippen molar-refractivity contribution >= 4 is 16.6 Å². The fraction of sp³-hybridized carbons (Fsp3) is 0.857. The Morgan fingerprint density at radius 3 is 1.59 bits per heavy atom. The van der Waals surface area contributed by atoms with Gasteiger partial charge in [0.2, 0.25) is 0 Å². The Balaban J connectivity index is 0. The van der Waals surface area contributed by atoms with Crippen LogP contribution in [0.1, 0.15) is 104 Å². The van der Waals surface area contributed by atoms with Crippen LogP contribution in [-0.2, 0) is 19.9 Å². The van der Waals surface area contributed by atoms with Crippen LogP contribution in [0.5, 0.6) is 0 Å². The molecule has 0 aliphatic carbocycles. The first-order chi connectivity index (χ1) is 13.8. The van der Waals surface area contributed by atoms with Gasteiger partial charge in [0.25, 0.3) is 0 Å². The highest BCUT2D eigenvalue weighted by Gasteiger charge is 2.00. The average molecular weight is 439 g/mol. The SMILES string of the molecule is CCCCCCCC/C=C\CCCCCCCCOC(=O)OCC.O=S(=O)(O)O. The molecule has 0 saturated carbocycles. The summed E-state index contributed by atoms with van der Waals surface area (Å²) >= 11 is 0. The van der Waals surface area contributed by atoms with Crippen LogP contribution >= 0.6 is 0 Å². The molecule has 8 heteroatoms. The molecule has 0 saturated heterocycles. The van der Waals surface area contributed by atoms with Crippen molar-refractivity contribution in [3.63, 3.8) is 0 Å². The lowest BCUT2D eigenvalue weighted by Gasteiger charge is -2.04. The number of hydrogen-bond acceptors (Lipinski definition) is 5. The van der Waals surface area contributed by atoms with E-state index in [4.69, 9.17) is 27.0 Å². The summed E-state index contributed by atoms with van der Waals surface area (Å²) in [7, 11) is -4.67. The first-order valence-electron chi connectivity index (χ1n) is 11.0. The molecule has 7 nitrogen and oxygen atoms in total. The Morgan fingerprint density at radius 2 is 1.14 bits per heavy atom. The highest BCUT2D eigenvalue weighted by molar-refractivity contribution is 7.79. The molecule has 0 rings (SSSR count). The molecule has 0 heterocycles. The van der Waals surface area contributed by atoms with E-state index < -0.39 is 16.6 Å². The van der Waals surface area contributed by atoms with E-state index >= 15 is 0 Å². The Morgan fingerprint density at radius 1 is 0.724 bits per heavy atom. The monoisotopic (exact) mass is 438 g/mol. The lowest BCUT2D eigenvalue weighted by molar-refractivity contribution is 0.0578. The third-order valence-corrected chi connectivity index (χ3v) is 4.14. The van der Waals surface area contributed by atoms with Gasteiger partial charge in [-0.2, -0.15) is 8.42 Å². The number of allylic oxidation sites excluding steroid dienone is 2. The first kappa shape index (κ1) is 30.1. The van der Waals surface area contributed by atoms with Crippen LogP contribution in [0.15, 0.2) is 12.2 Å². The maximum atomic E-state index is 11.0. The second kappa shape index (κ2) is 23.2. The summed E-state index contributed by atoms with van der Waals surface area (Å²) in [5, 5.41) is 0. The number of carbonyl (C=O) groups is 1. The molecule has 29 heavy (non-hydrogen) atoms. The van der Waals surface area contributed by atoms with Gasteiger partial charge >= 0.3 is 16.6 Å². The summed E-state index contributed by atoms with van der Waals surface area (Å²) in [6.45, 7) is 4.92. The molecule has 0 aliphatic rings. The van der Waals surface area contributed by atoms with E-state index in [-0.39, 0.29) is 0 Å². The van der Waals surface area contributed by atoms with Crippen LogP contribution in [0.25, 0.3) is 0 Å². The Kier molecular flexibility index (Phi) is 24.0.